The average Bonchev–Trinajstić information content (AvgIpc) is 2.11. The van der Waals surface area contributed by atoms with Gasteiger partial charge in [0.1, 0.15) is 5.75 Å². The van der Waals surface area contributed by atoms with Gasteiger partial charge in [0.15, 0.2) is 17.4 Å². The summed E-state index contributed by atoms with van der Waals surface area (Å²) in [7, 11) is 0. The number of ether oxygens (including phenoxy) is 2. The molecule has 0 N–H and O–H groups in total. The molecule has 7 heteroatoms. The quantitative estimate of drug-likeness (QED) is 0.737. The smallest absolute Gasteiger partial charge is 0.387 e. The molecule has 0 spiro atoms. The van der Waals surface area contributed by atoms with Crippen molar-refractivity contribution in [1.82, 2.24) is 0 Å². The largest absolute Gasteiger partial charge is 0.463 e. The highest BCUT2D eigenvalue weighted by Crippen LogP contribution is 2.28. The van der Waals surface area contributed by atoms with Crippen molar-refractivity contribution in [3.05, 3.63) is 23.8 Å². The van der Waals surface area contributed by atoms with Crippen molar-refractivity contribution >= 4 is 0 Å². The molecule has 0 heterocycles. The van der Waals surface area contributed by atoms with Crippen LogP contribution < -0.4 is 9.47 Å². The van der Waals surface area contributed by atoms with Gasteiger partial charge in [-0.1, -0.05) is 0 Å². The van der Waals surface area contributed by atoms with E-state index >= 15 is 0 Å². The lowest BCUT2D eigenvalue weighted by molar-refractivity contribution is -0.0547. The molecule has 1 rings (SSSR count). The summed E-state index contributed by atoms with van der Waals surface area (Å²) in [5.74, 6) is -4.46. The third kappa shape index (κ3) is 2.97. The second-order valence-electron chi connectivity index (χ2n) is 2.35. The van der Waals surface area contributed by atoms with Crippen LogP contribution in [0.5, 0.6) is 11.5 Å². The van der Waals surface area contributed by atoms with Crippen molar-refractivity contribution in [2.45, 2.75) is 6.61 Å². The molecule has 0 aliphatic heterocycles. The Balaban J connectivity index is 2.98. The third-order valence-corrected chi connectivity index (χ3v) is 1.40. The lowest BCUT2D eigenvalue weighted by atomic mass is 10.3. The lowest BCUT2D eigenvalue weighted by Crippen LogP contribution is -2.06. The van der Waals surface area contributed by atoms with Crippen LogP contribution in [-0.4, -0.2) is 13.5 Å². The minimum absolute atomic E-state index is 0.450. The standard InChI is InChI=1S/C8H5F5O2/c9-3-14-4-1-5(10)7(6(11)2-4)15-8(12)13/h1-2,8H,3H2. The van der Waals surface area contributed by atoms with Gasteiger partial charge in [-0.15, -0.1) is 0 Å². The number of halogens is 5. The van der Waals surface area contributed by atoms with Crippen LogP contribution >= 0.6 is 0 Å². The van der Waals surface area contributed by atoms with Crippen molar-refractivity contribution in [1.29, 1.82) is 0 Å². The molecule has 0 saturated heterocycles. The monoisotopic (exact) mass is 228 g/mol. The second kappa shape index (κ2) is 4.81. The maximum Gasteiger partial charge on any atom is 0.387 e. The molecule has 0 saturated carbocycles. The molecule has 84 valence electrons. The van der Waals surface area contributed by atoms with Gasteiger partial charge in [-0.3, -0.25) is 0 Å². The Kier molecular flexibility index (Phi) is 3.70. The molecule has 0 aliphatic carbocycles. The first kappa shape index (κ1) is 11.5. The van der Waals surface area contributed by atoms with Crippen LogP contribution in [0.1, 0.15) is 0 Å². The SMILES string of the molecule is FCOc1cc(F)c(OC(F)F)c(F)c1. The van der Waals surface area contributed by atoms with Gasteiger partial charge in [-0.2, -0.15) is 8.78 Å². The summed E-state index contributed by atoms with van der Waals surface area (Å²) in [4.78, 5) is 0. The predicted octanol–water partition coefficient (Wildman–Crippen LogP) is 2.87. The molecule has 0 amide bonds. The van der Waals surface area contributed by atoms with E-state index in [1.807, 2.05) is 0 Å². The Bertz CT molecular complexity index is 319. The number of hydrogen-bond acceptors (Lipinski definition) is 2. The van der Waals surface area contributed by atoms with Gasteiger partial charge in [0.2, 0.25) is 6.86 Å². The van der Waals surface area contributed by atoms with Gasteiger partial charge in [-0.25, -0.2) is 13.2 Å². The molecule has 0 aromatic heterocycles. The Morgan fingerprint density at radius 2 is 1.67 bits per heavy atom. The fourth-order valence-electron chi connectivity index (χ4n) is 0.885. The zero-order chi connectivity index (χ0) is 11.4. The van der Waals surface area contributed by atoms with Crippen LogP contribution in [0.4, 0.5) is 22.0 Å². The molecule has 0 aliphatic rings. The molecule has 15 heavy (non-hydrogen) atoms. The molecular formula is C8H5F5O2. The summed E-state index contributed by atoms with van der Waals surface area (Å²) in [5.41, 5.74) is 0. The van der Waals surface area contributed by atoms with Crippen LogP contribution in [0, 0.1) is 11.6 Å². The number of hydrogen-bond donors (Lipinski definition) is 0. The number of rotatable bonds is 4. The molecule has 2 nitrogen and oxygen atoms in total. The zero-order valence-electron chi connectivity index (χ0n) is 7.15. The van der Waals surface area contributed by atoms with Crippen molar-refractivity contribution in [3.8, 4) is 11.5 Å². The second-order valence-corrected chi connectivity index (χ2v) is 2.35. The van der Waals surface area contributed by atoms with Gasteiger partial charge in [0.25, 0.3) is 0 Å². The molecular weight excluding hydrogens is 223 g/mol. The van der Waals surface area contributed by atoms with Crippen molar-refractivity contribution in [2.75, 3.05) is 6.86 Å². The Morgan fingerprint density at radius 3 is 2.07 bits per heavy atom. The van der Waals surface area contributed by atoms with E-state index in [0.29, 0.717) is 12.1 Å². The molecule has 0 radical (unpaired) electrons. The molecule has 0 atom stereocenters. The van der Waals surface area contributed by atoms with Crippen LogP contribution in [0.25, 0.3) is 0 Å². The molecule has 1 aromatic carbocycles. The maximum atomic E-state index is 12.9. The zero-order valence-corrected chi connectivity index (χ0v) is 7.15. The lowest BCUT2D eigenvalue weighted by Gasteiger charge is -2.08. The first-order chi connectivity index (χ1) is 7.04. The van der Waals surface area contributed by atoms with E-state index in [4.69, 9.17) is 0 Å². The molecule has 0 bridgehead atoms. The first-order valence-corrected chi connectivity index (χ1v) is 3.67. The van der Waals surface area contributed by atoms with E-state index in [1.165, 1.54) is 0 Å². The van der Waals surface area contributed by atoms with Crippen LogP contribution in [0.3, 0.4) is 0 Å². The third-order valence-electron chi connectivity index (χ3n) is 1.40. The Hall–Kier alpha value is -1.53. The van der Waals surface area contributed by atoms with Gasteiger partial charge in [0.05, 0.1) is 0 Å². The highest BCUT2D eigenvalue weighted by molar-refractivity contribution is 5.34. The predicted molar refractivity (Wildman–Crippen MR) is 39.6 cm³/mol. The Labute approximate surface area is 81.2 Å². The highest BCUT2D eigenvalue weighted by atomic mass is 19.3. The topological polar surface area (TPSA) is 18.5 Å². The van der Waals surface area contributed by atoms with E-state index in [1.54, 1.807) is 0 Å². The minimum Gasteiger partial charge on any atom is -0.463 e. The van der Waals surface area contributed by atoms with Crippen molar-refractivity contribution in [3.63, 3.8) is 0 Å². The van der Waals surface area contributed by atoms with E-state index in [2.05, 4.69) is 9.47 Å². The Morgan fingerprint density at radius 1 is 1.13 bits per heavy atom. The first-order valence-electron chi connectivity index (χ1n) is 3.67. The van der Waals surface area contributed by atoms with E-state index in [9.17, 15) is 22.0 Å². The number of alkyl halides is 3. The van der Waals surface area contributed by atoms with Crippen LogP contribution in [-0.2, 0) is 0 Å². The van der Waals surface area contributed by atoms with Gasteiger partial charge >= 0.3 is 6.61 Å². The number of benzene rings is 1. The minimum atomic E-state index is -3.35. The van der Waals surface area contributed by atoms with Crippen LogP contribution in [0.2, 0.25) is 0 Å². The summed E-state index contributed by atoms with van der Waals surface area (Å²) >= 11 is 0. The summed E-state index contributed by atoms with van der Waals surface area (Å²) in [5, 5.41) is 0. The molecule has 0 unspecified atom stereocenters. The van der Waals surface area contributed by atoms with E-state index < -0.39 is 36.6 Å². The summed E-state index contributed by atoms with van der Waals surface area (Å²) < 4.78 is 68.5. The van der Waals surface area contributed by atoms with Gasteiger partial charge in [0, 0.05) is 12.1 Å². The summed E-state index contributed by atoms with van der Waals surface area (Å²) in [6.07, 6.45) is 0. The molecule has 1 aromatic rings. The van der Waals surface area contributed by atoms with E-state index in [-0.39, 0.29) is 0 Å². The van der Waals surface area contributed by atoms with Gasteiger partial charge < -0.3 is 9.47 Å². The fourth-order valence-corrected chi connectivity index (χ4v) is 0.885. The van der Waals surface area contributed by atoms with Crippen LogP contribution in [0.15, 0.2) is 12.1 Å². The summed E-state index contributed by atoms with van der Waals surface area (Å²) in [6.45, 7) is -4.63. The van der Waals surface area contributed by atoms with E-state index in [0.717, 1.165) is 0 Å². The van der Waals surface area contributed by atoms with Gasteiger partial charge in [-0.05, 0) is 0 Å². The highest BCUT2D eigenvalue weighted by Gasteiger charge is 2.17. The maximum absolute atomic E-state index is 12.9. The summed E-state index contributed by atoms with van der Waals surface area (Å²) in [6, 6.07) is 1.08. The van der Waals surface area contributed by atoms with Crippen molar-refractivity contribution in [2.24, 2.45) is 0 Å². The normalized spacial score (nSPS) is 10.5. The fraction of sp³-hybridized carbons (Fsp3) is 0.250. The van der Waals surface area contributed by atoms with Crippen molar-refractivity contribution < 1.29 is 31.4 Å². The average molecular weight is 228 g/mol. The molecule has 0 fully saturated rings.